The van der Waals surface area contributed by atoms with E-state index in [0.29, 0.717) is 5.92 Å². The molecule has 4 nitrogen and oxygen atoms in total. The Morgan fingerprint density at radius 1 is 1.33 bits per heavy atom. The number of hydrogen-bond acceptors (Lipinski definition) is 4. The van der Waals surface area contributed by atoms with Gasteiger partial charge in [0.2, 0.25) is 0 Å². The standard InChI is InChI=1S/C11H16N4/c1-8-13-11(6-12-14-8)10-7-15-4-2-9(10)3-5-15/h6,9-10H,2-5,7H2,1H3. The van der Waals surface area contributed by atoms with Gasteiger partial charge >= 0.3 is 0 Å². The van der Waals surface area contributed by atoms with Crippen LogP contribution in [0.15, 0.2) is 6.20 Å². The second-order valence-corrected chi connectivity index (χ2v) is 4.67. The predicted octanol–water partition coefficient (Wildman–Crippen LogP) is 0.989. The summed E-state index contributed by atoms with van der Waals surface area (Å²) in [5, 5.41) is 7.93. The summed E-state index contributed by atoms with van der Waals surface area (Å²) in [5.41, 5.74) is 1.15. The number of nitrogens with zero attached hydrogens (tertiary/aromatic N) is 4. The number of aryl methyl sites for hydroxylation is 1. The summed E-state index contributed by atoms with van der Waals surface area (Å²) in [6.45, 7) is 5.64. The molecule has 1 atom stereocenters. The van der Waals surface area contributed by atoms with Gasteiger partial charge < -0.3 is 4.90 Å². The molecule has 80 valence electrons. The van der Waals surface area contributed by atoms with Gasteiger partial charge in [-0.25, -0.2) is 4.98 Å². The Bertz CT molecular complexity index is 357. The van der Waals surface area contributed by atoms with E-state index in [9.17, 15) is 0 Å². The molecule has 4 rings (SSSR count). The predicted molar refractivity (Wildman–Crippen MR) is 56.5 cm³/mol. The third kappa shape index (κ3) is 1.63. The van der Waals surface area contributed by atoms with Crippen molar-refractivity contribution >= 4 is 0 Å². The molecule has 0 aliphatic carbocycles. The van der Waals surface area contributed by atoms with E-state index in [1.165, 1.54) is 32.5 Å². The summed E-state index contributed by atoms with van der Waals surface area (Å²) < 4.78 is 0. The lowest BCUT2D eigenvalue weighted by Crippen LogP contribution is -2.46. The third-order valence-corrected chi connectivity index (χ3v) is 3.72. The van der Waals surface area contributed by atoms with Gasteiger partial charge in [0, 0.05) is 12.5 Å². The summed E-state index contributed by atoms with van der Waals surface area (Å²) in [4.78, 5) is 7.06. The van der Waals surface area contributed by atoms with Crippen molar-refractivity contribution in [1.82, 2.24) is 20.1 Å². The van der Waals surface area contributed by atoms with Crippen molar-refractivity contribution in [3.63, 3.8) is 0 Å². The number of rotatable bonds is 1. The van der Waals surface area contributed by atoms with Crippen LogP contribution in [-0.2, 0) is 0 Å². The van der Waals surface area contributed by atoms with Crippen molar-refractivity contribution in [2.24, 2.45) is 5.92 Å². The van der Waals surface area contributed by atoms with Crippen LogP contribution in [0.2, 0.25) is 0 Å². The van der Waals surface area contributed by atoms with E-state index in [1.54, 1.807) is 0 Å². The molecule has 3 aliphatic heterocycles. The summed E-state index contributed by atoms with van der Waals surface area (Å²) in [6, 6.07) is 0. The average molecular weight is 204 g/mol. The molecule has 2 bridgehead atoms. The van der Waals surface area contributed by atoms with Crippen LogP contribution in [0.5, 0.6) is 0 Å². The van der Waals surface area contributed by atoms with E-state index in [1.807, 2.05) is 13.1 Å². The monoisotopic (exact) mass is 204 g/mol. The molecule has 1 unspecified atom stereocenters. The van der Waals surface area contributed by atoms with Gasteiger partial charge in [-0.05, 0) is 38.8 Å². The zero-order valence-corrected chi connectivity index (χ0v) is 9.06. The van der Waals surface area contributed by atoms with E-state index in [0.717, 1.165) is 17.4 Å². The van der Waals surface area contributed by atoms with Crippen LogP contribution in [0.25, 0.3) is 0 Å². The summed E-state index contributed by atoms with van der Waals surface area (Å²) in [6.07, 6.45) is 4.50. The van der Waals surface area contributed by atoms with E-state index < -0.39 is 0 Å². The van der Waals surface area contributed by atoms with Crippen molar-refractivity contribution in [1.29, 1.82) is 0 Å². The Labute approximate surface area is 89.7 Å². The minimum Gasteiger partial charge on any atom is -0.303 e. The molecule has 3 fully saturated rings. The van der Waals surface area contributed by atoms with Crippen molar-refractivity contribution in [3.8, 4) is 0 Å². The van der Waals surface area contributed by atoms with Crippen molar-refractivity contribution in [2.45, 2.75) is 25.7 Å². The molecule has 0 saturated carbocycles. The fourth-order valence-corrected chi connectivity index (χ4v) is 2.89. The average Bonchev–Trinajstić information content (AvgIpc) is 2.30. The number of piperidine rings is 3. The molecule has 3 aliphatic rings. The Morgan fingerprint density at radius 3 is 2.73 bits per heavy atom. The van der Waals surface area contributed by atoms with Crippen LogP contribution < -0.4 is 0 Å². The van der Waals surface area contributed by atoms with Gasteiger partial charge in [0.25, 0.3) is 0 Å². The highest BCUT2D eigenvalue weighted by atomic mass is 15.2. The molecule has 15 heavy (non-hydrogen) atoms. The Hall–Kier alpha value is -1.03. The van der Waals surface area contributed by atoms with E-state index in [2.05, 4.69) is 20.1 Å². The molecule has 0 radical (unpaired) electrons. The molecular weight excluding hydrogens is 188 g/mol. The quantitative estimate of drug-likeness (QED) is 0.684. The van der Waals surface area contributed by atoms with E-state index in [4.69, 9.17) is 0 Å². The lowest BCUT2D eigenvalue weighted by Gasteiger charge is -2.44. The molecule has 4 heteroatoms. The Kier molecular flexibility index (Phi) is 2.16. The third-order valence-electron chi connectivity index (χ3n) is 3.72. The highest BCUT2D eigenvalue weighted by Crippen LogP contribution is 2.37. The van der Waals surface area contributed by atoms with Crippen LogP contribution in [0.3, 0.4) is 0 Å². The lowest BCUT2D eigenvalue weighted by molar-refractivity contribution is 0.0851. The zero-order chi connectivity index (χ0) is 10.3. The largest absolute Gasteiger partial charge is 0.303 e. The fourth-order valence-electron chi connectivity index (χ4n) is 2.89. The SMILES string of the molecule is Cc1nncc(C2CN3CCC2CC3)n1. The van der Waals surface area contributed by atoms with Crippen LogP contribution in [0.4, 0.5) is 0 Å². The normalized spacial score (nSPS) is 34.3. The fraction of sp³-hybridized carbons (Fsp3) is 0.727. The van der Waals surface area contributed by atoms with Crippen LogP contribution in [0.1, 0.15) is 30.3 Å². The Balaban J connectivity index is 1.88. The van der Waals surface area contributed by atoms with E-state index >= 15 is 0 Å². The van der Waals surface area contributed by atoms with Gasteiger partial charge in [-0.1, -0.05) is 0 Å². The summed E-state index contributed by atoms with van der Waals surface area (Å²) >= 11 is 0. The number of aromatic nitrogens is 3. The highest BCUT2D eigenvalue weighted by molar-refractivity contribution is 5.10. The minimum absolute atomic E-state index is 0.599. The molecule has 4 heterocycles. The van der Waals surface area contributed by atoms with Gasteiger partial charge in [0.15, 0.2) is 0 Å². The molecule has 1 aromatic rings. The maximum atomic E-state index is 4.52. The van der Waals surface area contributed by atoms with Gasteiger partial charge in [0.05, 0.1) is 11.9 Å². The first-order valence-electron chi connectivity index (χ1n) is 5.71. The van der Waals surface area contributed by atoms with Crippen LogP contribution in [-0.4, -0.2) is 39.7 Å². The van der Waals surface area contributed by atoms with Crippen molar-refractivity contribution in [2.75, 3.05) is 19.6 Å². The van der Waals surface area contributed by atoms with Gasteiger partial charge in [-0.15, -0.1) is 5.10 Å². The molecule has 1 aromatic heterocycles. The van der Waals surface area contributed by atoms with Gasteiger partial charge in [-0.3, -0.25) is 0 Å². The second-order valence-electron chi connectivity index (χ2n) is 4.67. The lowest BCUT2D eigenvalue weighted by atomic mass is 9.77. The second kappa shape index (κ2) is 3.52. The molecule has 0 amide bonds. The van der Waals surface area contributed by atoms with Crippen LogP contribution >= 0.6 is 0 Å². The first kappa shape index (κ1) is 9.21. The zero-order valence-electron chi connectivity index (χ0n) is 9.06. The number of hydrogen-bond donors (Lipinski definition) is 0. The van der Waals surface area contributed by atoms with E-state index in [-0.39, 0.29) is 0 Å². The van der Waals surface area contributed by atoms with Crippen LogP contribution in [0, 0.1) is 12.8 Å². The molecule has 3 saturated heterocycles. The first-order valence-corrected chi connectivity index (χ1v) is 5.71. The van der Waals surface area contributed by atoms with Crippen molar-refractivity contribution in [3.05, 3.63) is 17.7 Å². The highest BCUT2D eigenvalue weighted by Gasteiger charge is 2.35. The van der Waals surface area contributed by atoms with Gasteiger partial charge in [0.1, 0.15) is 5.82 Å². The maximum Gasteiger partial charge on any atom is 0.148 e. The topological polar surface area (TPSA) is 41.9 Å². The summed E-state index contributed by atoms with van der Waals surface area (Å²) in [5.74, 6) is 2.22. The smallest absolute Gasteiger partial charge is 0.148 e. The van der Waals surface area contributed by atoms with Crippen molar-refractivity contribution < 1.29 is 0 Å². The molecule has 0 N–H and O–H groups in total. The Morgan fingerprint density at radius 2 is 2.13 bits per heavy atom. The molecular formula is C11H16N4. The maximum absolute atomic E-state index is 4.52. The first-order chi connectivity index (χ1) is 7.33. The molecule has 0 spiro atoms. The molecule has 0 aromatic carbocycles. The summed E-state index contributed by atoms with van der Waals surface area (Å²) in [7, 11) is 0. The number of fused-ring (bicyclic) bond motifs is 3. The van der Waals surface area contributed by atoms with Gasteiger partial charge in [-0.2, -0.15) is 5.10 Å². The minimum atomic E-state index is 0.599.